The van der Waals surface area contributed by atoms with Gasteiger partial charge in [-0.25, -0.2) is 0 Å². The smallest absolute Gasteiger partial charge is 0.232 e. The topological polar surface area (TPSA) is 59.0 Å². The van der Waals surface area contributed by atoms with E-state index in [-0.39, 0.29) is 11.8 Å². The van der Waals surface area contributed by atoms with Crippen molar-refractivity contribution in [1.82, 2.24) is 15.1 Å². The highest BCUT2D eigenvalue weighted by Gasteiger charge is 2.29. The van der Waals surface area contributed by atoms with Crippen molar-refractivity contribution in [1.29, 1.82) is 0 Å². The van der Waals surface area contributed by atoms with Crippen molar-refractivity contribution in [3.05, 3.63) is 46.7 Å². The monoisotopic (exact) mass is 362 g/mol. The first-order chi connectivity index (χ1) is 10.6. The minimum absolute atomic E-state index is 0.0465. The van der Waals surface area contributed by atoms with Crippen molar-refractivity contribution in [2.24, 2.45) is 0 Å². The second-order valence-electron chi connectivity index (χ2n) is 5.65. The second-order valence-corrected chi connectivity index (χ2v) is 6.57. The van der Waals surface area contributed by atoms with Crippen LogP contribution < -0.4 is 10.6 Å². The number of nitrogens with zero attached hydrogens (tertiary/aromatic N) is 2. The number of nitrogens with one attached hydrogen (secondary N) is 2. The molecule has 0 fully saturated rings. The van der Waals surface area contributed by atoms with E-state index in [1.807, 2.05) is 35.1 Å². The molecule has 2 aromatic rings. The van der Waals surface area contributed by atoms with E-state index < -0.39 is 0 Å². The lowest BCUT2D eigenvalue weighted by Crippen LogP contribution is -2.32. The molecule has 1 aliphatic rings. The molecule has 1 amide bonds. The number of hydrogen-bond donors (Lipinski definition) is 2. The quantitative estimate of drug-likeness (QED) is 0.830. The molecule has 0 saturated heterocycles. The van der Waals surface area contributed by atoms with Crippen LogP contribution in [-0.4, -0.2) is 28.3 Å². The number of hydrogen-bond acceptors (Lipinski definition) is 3. The highest BCUT2D eigenvalue weighted by Crippen LogP contribution is 2.33. The van der Waals surface area contributed by atoms with Crippen LogP contribution >= 0.6 is 15.9 Å². The number of rotatable bonds is 6. The molecule has 0 aliphatic carbocycles. The zero-order valence-corrected chi connectivity index (χ0v) is 14.0. The average molecular weight is 363 g/mol. The molecule has 2 heterocycles. The minimum Gasteiger partial charge on any atom is -0.325 e. The molecule has 1 aliphatic heterocycles. The van der Waals surface area contributed by atoms with Crippen LogP contribution in [0.1, 0.15) is 24.8 Å². The Morgan fingerprint density at radius 2 is 2.27 bits per heavy atom. The largest absolute Gasteiger partial charge is 0.325 e. The van der Waals surface area contributed by atoms with Gasteiger partial charge in [0.25, 0.3) is 0 Å². The standard InChI is InChI=1S/C16H19BrN4O/c1-11(9-21-10-12(17)8-19-21)18-7-6-14-13-4-2-3-5-15(13)20-16(14)22/h2-5,8,10-11,14,18H,6-7,9H2,1H3,(H,20,22)/t11-,14+/m1/s1. The zero-order chi connectivity index (χ0) is 15.5. The molecule has 5 nitrogen and oxygen atoms in total. The van der Waals surface area contributed by atoms with Gasteiger partial charge in [0.1, 0.15) is 0 Å². The number of para-hydroxylation sites is 1. The van der Waals surface area contributed by atoms with Crippen molar-refractivity contribution in [3.8, 4) is 0 Å². The van der Waals surface area contributed by atoms with Gasteiger partial charge in [-0.15, -0.1) is 0 Å². The lowest BCUT2D eigenvalue weighted by Gasteiger charge is -2.15. The van der Waals surface area contributed by atoms with Gasteiger partial charge in [0.05, 0.1) is 23.1 Å². The molecular formula is C16H19BrN4O. The summed E-state index contributed by atoms with van der Waals surface area (Å²) < 4.78 is 2.89. The first kappa shape index (κ1) is 15.2. The first-order valence-corrected chi connectivity index (χ1v) is 8.24. The van der Waals surface area contributed by atoms with Crippen molar-refractivity contribution < 1.29 is 4.79 Å². The van der Waals surface area contributed by atoms with Gasteiger partial charge in [0.2, 0.25) is 5.91 Å². The molecule has 2 atom stereocenters. The van der Waals surface area contributed by atoms with Crippen LogP contribution in [0, 0.1) is 0 Å². The lowest BCUT2D eigenvalue weighted by atomic mass is 9.97. The SMILES string of the molecule is C[C@H](Cn1cc(Br)cn1)NCC[C@@H]1C(=O)Nc2ccccc21. The van der Waals surface area contributed by atoms with Crippen LogP contribution in [-0.2, 0) is 11.3 Å². The van der Waals surface area contributed by atoms with Crippen molar-refractivity contribution in [2.75, 3.05) is 11.9 Å². The van der Waals surface area contributed by atoms with Gasteiger partial charge in [0, 0.05) is 17.9 Å². The Labute approximate surface area is 138 Å². The predicted molar refractivity (Wildman–Crippen MR) is 89.8 cm³/mol. The van der Waals surface area contributed by atoms with Crippen LogP contribution in [0.15, 0.2) is 41.1 Å². The fourth-order valence-corrected chi connectivity index (χ4v) is 3.15. The fourth-order valence-electron chi connectivity index (χ4n) is 2.82. The molecule has 3 rings (SSSR count). The molecule has 116 valence electrons. The molecule has 0 saturated carbocycles. The Morgan fingerprint density at radius 3 is 3.05 bits per heavy atom. The van der Waals surface area contributed by atoms with Crippen LogP contribution in [0.5, 0.6) is 0 Å². The van der Waals surface area contributed by atoms with E-state index in [0.29, 0.717) is 6.04 Å². The van der Waals surface area contributed by atoms with Gasteiger partial charge in [-0.3, -0.25) is 9.48 Å². The number of halogens is 1. The summed E-state index contributed by atoms with van der Waals surface area (Å²) in [5, 5.41) is 10.7. The van der Waals surface area contributed by atoms with Crippen LogP contribution in [0.2, 0.25) is 0 Å². The second kappa shape index (κ2) is 6.62. The van der Waals surface area contributed by atoms with E-state index in [2.05, 4.69) is 38.6 Å². The number of aromatic nitrogens is 2. The zero-order valence-electron chi connectivity index (χ0n) is 12.4. The molecule has 1 aromatic carbocycles. The van der Waals surface area contributed by atoms with Gasteiger partial charge >= 0.3 is 0 Å². The molecule has 0 bridgehead atoms. The summed E-state index contributed by atoms with van der Waals surface area (Å²) in [6.45, 7) is 3.73. The molecule has 0 spiro atoms. The summed E-state index contributed by atoms with van der Waals surface area (Å²) in [4.78, 5) is 12.0. The number of benzene rings is 1. The summed E-state index contributed by atoms with van der Waals surface area (Å²) in [6.07, 6.45) is 4.54. The lowest BCUT2D eigenvalue weighted by molar-refractivity contribution is -0.117. The summed E-state index contributed by atoms with van der Waals surface area (Å²) in [6, 6.07) is 8.22. The highest BCUT2D eigenvalue weighted by molar-refractivity contribution is 9.10. The molecule has 0 radical (unpaired) electrons. The molecular weight excluding hydrogens is 344 g/mol. The highest BCUT2D eigenvalue weighted by atomic mass is 79.9. The number of carbonyl (C=O) groups is 1. The van der Waals surface area contributed by atoms with Gasteiger partial charge < -0.3 is 10.6 Å². The van der Waals surface area contributed by atoms with E-state index in [1.54, 1.807) is 6.20 Å². The summed E-state index contributed by atoms with van der Waals surface area (Å²) in [5.74, 6) is 0.0569. The first-order valence-electron chi connectivity index (χ1n) is 7.44. The van der Waals surface area contributed by atoms with Gasteiger partial charge in [-0.2, -0.15) is 5.10 Å². The van der Waals surface area contributed by atoms with Crippen LogP contribution in [0.25, 0.3) is 0 Å². The van der Waals surface area contributed by atoms with E-state index in [4.69, 9.17) is 0 Å². The number of fused-ring (bicyclic) bond motifs is 1. The van der Waals surface area contributed by atoms with E-state index >= 15 is 0 Å². The fraction of sp³-hybridized carbons (Fsp3) is 0.375. The molecule has 22 heavy (non-hydrogen) atoms. The van der Waals surface area contributed by atoms with Crippen molar-refractivity contribution >= 4 is 27.5 Å². The number of anilines is 1. The van der Waals surface area contributed by atoms with Gasteiger partial charge in [0.15, 0.2) is 0 Å². The van der Waals surface area contributed by atoms with Crippen molar-refractivity contribution in [2.45, 2.75) is 31.8 Å². The Morgan fingerprint density at radius 1 is 1.45 bits per heavy atom. The maximum Gasteiger partial charge on any atom is 0.232 e. The van der Waals surface area contributed by atoms with E-state index in [9.17, 15) is 4.79 Å². The molecule has 1 aromatic heterocycles. The molecule has 6 heteroatoms. The summed E-state index contributed by atoms with van der Waals surface area (Å²) in [5.41, 5.74) is 2.06. The Hall–Kier alpha value is -1.66. The number of carbonyl (C=O) groups excluding carboxylic acids is 1. The van der Waals surface area contributed by atoms with Crippen LogP contribution in [0.4, 0.5) is 5.69 Å². The van der Waals surface area contributed by atoms with E-state index in [0.717, 1.165) is 35.2 Å². The van der Waals surface area contributed by atoms with Crippen molar-refractivity contribution in [3.63, 3.8) is 0 Å². The average Bonchev–Trinajstić information content (AvgIpc) is 3.03. The summed E-state index contributed by atoms with van der Waals surface area (Å²) in [7, 11) is 0. The van der Waals surface area contributed by atoms with Gasteiger partial charge in [-0.05, 0) is 47.4 Å². The third-order valence-corrected chi connectivity index (χ3v) is 4.31. The Balaban J connectivity index is 1.50. The van der Waals surface area contributed by atoms with Gasteiger partial charge in [-0.1, -0.05) is 18.2 Å². The summed E-state index contributed by atoms with van der Waals surface area (Å²) >= 11 is 3.39. The molecule has 0 unspecified atom stereocenters. The minimum atomic E-state index is -0.0465. The normalized spacial score (nSPS) is 18.1. The predicted octanol–water partition coefficient (Wildman–Crippen LogP) is 2.75. The Kier molecular flexibility index (Phi) is 4.59. The third kappa shape index (κ3) is 3.39. The van der Waals surface area contributed by atoms with E-state index in [1.165, 1.54) is 0 Å². The third-order valence-electron chi connectivity index (χ3n) is 3.90. The Bertz CT molecular complexity index is 670. The maximum absolute atomic E-state index is 12.0. The number of amides is 1. The maximum atomic E-state index is 12.0. The molecule has 2 N–H and O–H groups in total. The van der Waals surface area contributed by atoms with Crippen LogP contribution in [0.3, 0.4) is 0 Å².